The van der Waals surface area contributed by atoms with Crippen LogP contribution in [0.1, 0.15) is 36.5 Å². The highest BCUT2D eigenvalue weighted by atomic mass is 19.1. The topological polar surface area (TPSA) is 41.6 Å². The summed E-state index contributed by atoms with van der Waals surface area (Å²) in [5.74, 6) is 0.703. The molecule has 2 amide bonds. The average Bonchev–Trinajstić information content (AvgIpc) is 2.67. The second kappa shape index (κ2) is 9.09. The molecule has 0 bridgehead atoms. The number of rotatable bonds is 5. The highest BCUT2D eigenvalue weighted by Crippen LogP contribution is 2.24. The molecular formula is C23H29FN2O2. The Balaban J connectivity index is 1.47. The molecule has 1 aliphatic rings. The van der Waals surface area contributed by atoms with E-state index in [4.69, 9.17) is 4.74 Å². The fourth-order valence-corrected chi connectivity index (χ4v) is 3.54. The van der Waals surface area contributed by atoms with E-state index in [0.29, 0.717) is 25.1 Å². The van der Waals surface area contributed by atoms with E-state index >= 15 is 0 Å². The lowest BCUT2D eigenvalue weighted by Gasteiger charge is -2.33. The van der Waals surface area contributed by atoms with E-state index in [9.17, 15) is 9.18 Å². The molecule has 0 aliphatic carbocycles. The molecule has 1 saturated heterocycles. The van der Waals surface area contributed by atoms with E-state index in [1.165, 1.54) is 11.6 Å². The van der Waals surface area contributed by atoms with Crippen LogP contribution in [-0.4, -0.2) is 36.2 Å². The summed E-state index contributed by atoms with van der Waals surface area (Å²) in [6.07, 6.45) is 2.22. The van der Waals surface area contributed by atoms with E-state index in [1.54, 1.807) is 12.1 Å². The lowest BCUT2D eigenvalue weighted by Crippen LogP contribution is -2.49. The van der Waals surface area contributed by atoms with Crippen LogP contribution in [0.4, 0.5) is 9.18 Å². The van der Waals surface area contributed by atoms with Crippen LogP contribution in [0.25, 0.3) is 0 Å². The largest absolute Gasteiger partial charge is 0.490 e. The Morgan fingerprint density at radius 2 is 1.93 bits per heavy atom. The molecule has 1 fully saturated rings. The molecule has 2 aromatic carbocycles. The van der Waals surface area contributed by atoms with Crippen molar-refractivity contribution in [1.29, 1.82) is 0 Å². The average molecular weight is 384 g/mol. The molecule has 0 saturated carbocycles. The summed E-state index contributed by atoms with van der Waals surface area (Å²) in [4.78, 5) is 14.3. The second-order valence-electron chi connectivity index (χ2n) is 7.72. The molecule has 0 aromatic heterocycles. The van der Waals surface area contributed by atoms with Gasteiger partial charge in [0.2, 0.25) is 0 Å². The van der Waals surface area contributed by atoms with Crippen LogP contribution in [0.3, 0.4) is 0 Å². The lowest BCUT2D eigenvalue weighted by molar-refractivity contribution is 0.109. The number of carbonyl (C=O) groups is 1. The Bertz CT molecular complexity index is 816. The van der Waals surface area contributed by atoms with Gasteiger partial charge in [0, 0.05) is 32.0 Å². The number of hydrogen-bond donors (Lipinski definition) is 1. The van der Waals surface area contributed by atoms with Gasteiger partial charge in [0.1, 0.15) is 17.7 Å². The van der Waals surface area contributed by atoms with Gasteiger partial charge in [-0.3, -0.25) is 0 Å². The molecule has 1 unspecified atom stereocenters. The first-order valence-electron chi connectivity index (χ1n) is 9.95. The smallest absolute Gasteiger partial charge is 0.317 e. The standard InChI is InChI=1S/C23H29FN2O2/c1-16-8-9-17(2)22(14-16)28-20-10-12-26(13-11-20)23(27)25-18(3)15-19-6-4-5-7-21(19)24/h4-9,14,18,20H,10-13,15H2,1-3H3,(H,25,27). The lowest BCUT2D eigenvalue weighted by atomic mass is 10.1. The van der Waals surface area contributed by atoms with E-state index in [1.807, 2.05) is 24.8 Å². The second-order valence-corrected chi connectivity index (χ2v) is 7.72. The Kier molecular flexibility index (Phi) is 6.55. The van der Waals surface area contributed by atoms with Crippen molar-refractivity contribution in [3.05, 3.63) is 65.0 Å². The number of nitrogens with zero attached hydrogens (tertiary/aromatic N) is 1. The zero-order valence-electron chi connectivity index (χ0n) is 16.9. The maximum Gasteiger partial charge on any atom is 0.317 e. The van der Waals surface area contributed by atoms with Crippen molar-refractivity contribution >= 4 is 6.03 Å². The number of nitrogens with one attached hydrogen (secondary N) is 1. The molecule has 4 nitrogen and oxygen atoms in total. The van der Waals surface area contributed by atoms with Gasteiger partial charge >= 0.3 is 6.03 Å². The van der Waals surface area contributed by atoms with Crippen molar-refractivity contribution in [2.75, 3.05) is 13.1 Å². The Hall–Kier alpha value is -2.56. The molecule has 0 radical (unpaired) electrons. The first-order valence-corrected chi connectivity index (χ1v) is 9.95. The summed E-state index contributed by atoms with van der Waals surface area (Å²) in [5, 5.41) is 2.99. The zero-order chi connectivity index (χ0) is 20.1. The summed E-state index contributed by atoms with van der Waals surface area (Å²) in [5.41, 5.74) is 2.94. The Labute approximate surface area is 166 Å². The number of amides is 2. The van der Waals surface area contributed by atoms with Crippen LogP contribution in [0.2, 0.25) is 0 Å². The monoisotopic (exact) mass is 384 g/mol. The normalized spacial score (nSPS) is 15.9. The third kappa shape index (κ3) is 5.24. The Morgan fingerprint density at radius 1 is 1.21 bits per heavy atom. The number of piperidine rings is 1. The minimum Gasteiger partial charge on any atom is -0.490 e. The molecular weight excluding hydrogens is 355 g/mol. The van der Waals surface area contributed by atoms with Gasteiger partial charge in [-0.1, -0.05) is 30.3 Å². The van der Waals surface area contributed by atoms with Gasteiger partial charge in [-0.05, 0) is 56.0 Å². The fraction of sp³-hybridized carbons (Fsp3) is 0.435. The van der Waals surface area contributed by atoms with E-state index in [2.05, 4.69) is 30.4 Å². The molecule has 3 rings (SSSR count). The van der Waals surface area contributed by atoms with Gasteiger partial charge < -0.3 is 15.0 Å². The van der Waals surface area contributed by atoms with Gasteiger partial charge in [-0.2, -0.15) is 0 Å². The van der Waals surface area contributed by atoms with E-state index < -0.39 is 0 Å². The molecule has 1 atom stereocenters. The third-order valence-electron chi connectivity index (χ3n) is 5.22. The number of aryl methyl sites for hydroxylation is 2. The van der Waals surface area contributed by atoms with Crippen LogP contribution in [-0.2, 0) is 6.42 Å². The SMILES string of the molecule is Cc1ccc(C)c(OC2CCN(C(=O)NC(C)Cc3ccccc3F)CC2)c1. The van der Waals surface area contributed by atoms with Crippen molar-refractivity contribution in [3.8, 4) is 5.75 Å². The highest BCUT2D eigenvalue weighted by Gasteiger charge is 2.25. The molecule has 150 valence electrons. The van der Waals surface area contributed by atoms with Crippen molar-refractivity contribution in [2.24, 2.45) is 0 Å². The van der Waals surface area contributed by atoms with Crippen LogP contribution < -0.4 is 10.1 Å². The van der Waals surface area contributed by atoms with Gasteiger partial charge in [-0.15, -0.1) is 0 Å². The number of benzene rings is 2. The minimum atomic E-state index is -0.229. The summed E-state index contributed by atoms with van der Waals surface area (Å²) in [6.45, 7) is 7.33. The summed E-state index contributed by atoms with van der Waals surface area (Å²) >= 11 is 0. The summed E-state index contributed by atoms with van der Waals surface area (Å²) < 4.78 is 19.9. The summed E-state index contributed by atoms with van der Waals surface area (Å²) in [6, 6.07) is 12.7. The van der Waals surface area contributed by atoms with Gasteiger partial charge in [0.25, 0.3) is 0 Å². The van der Waals surface area contributed by atoms with Crippen molar-refractivity contribution in [3.63, 3.8) is 0 Å². The maximum atomic E-state index is 13.8. The van der Waals surface area contributed by atoms with E-state index in [0.717, 1.165) is 24.2 Å². The highest BCUT2D eigenvalue weighted by molar-refractivity contribution is 5.74. The molecule has 1 N–H and O–H groups in total. The third-order valence-corrected chi connectivity index (χ3v) is 5.22. The molecule has 1 heterocycles. The van der Waals surface area contributed by atoms with Crippen LogP contribution in [0.5, 0.6) is 5.75 Å². The number of halogens is 1. The number of carbonyl (C=O) groups excluding carboxylic acids is 1. The van der Waals surface area contributed by atoms with Gasteiger partial charge in [0.15, 0.2) is 0 Å². The van der Waals surface area contributed by atoms with Crippen molar-refractivity contribution in [2.45, 2.75) is 52.2 Å². The van der Waals surface area contributed by atoms with Crippen molar-refractivity contribution in [1.82, 2.24) is 10.2 Å². The van der Waals surface area contributed by atoms with Gasteiger partial charge in [0.05, 0.1) is 0 Å². The first kappa shape index (κ1) is 20.2. The summed E-state index contributed by atoms with van der Waals surface area (Å²) in [7, 11) is 0. The molecule has 0 spiro atoms. The van der Waals surface area contributed by atoms with E-state index in [-0.39, 0.29) is 24.0 Å². The number of ether oxygens (including phenoxy) is 1. The number of urea groups is 1. The van der Waals surface area contributed by atoms with Crippen LogP contribution in [0.15, 0.2) is 42.5 Å². The quantitative estimate of drug-likeness (QED) is 0.817. The van der Waals surface area contributed by atoms with Gasteiger partial charge in [-0.25, -0.2) is 9.18 Å². The molecule has 28 heavy (non-hydrogen) atoms. The first-order chi connectivity index (χ1) is 13.4. The predicted molar refractivity (Wildman–Crippen MR) is 109 cm³/mol. The minimum absolute atomic E-state index is 0.0889. The molecule has 1 aliphatic heterocycles. The number of hydrogen-bond acceptors (Lipinski definition) is 2. The Morgan fingerprint density at radius 3 is 2.64 bits per heavy atom. The maximum absolute atomic E-state index is 13.8. The van der Waals surface area contributed by atoms with Crippen molar-refractivity contribution < 1.29 is 13.9 Å². The molecule has 2 aromatic rings. The van der Waals surface area contributed by atoms with Crippen LogP contribution >= 0.6 is 0 Å². The number of likely N-dealkylation sites (tertiary alicyclic amines) is 1. The zero-order valence-corrected chi connectivity index (χ0v) is 16.9. The van der Waals surface area contributed by atoms with Crippen LogP contribution in [0, 0.1) is 19.7 Å². The molecule has 5 heteroatoms. The fourth-order valence-electron chi connectivity index (χ4n) is 3.54. The predicted octanol–water partition coefficient (Wildman–Crippen LogP) is 4.63.